The Kier molecular flexibility index (Phi) is 2.85. The van der Waals surface area contributed by atoms with Gasteiger partial charge < -0.3 is 9.64 Å². The van der Waals surface area contributed by atoms with Crippen molar-refractivity contribution in [3.8, 4) is 5.88 Å². The quantitative estimate of drug-likeness (QED) is 0.553. The minimum absolute atomic E-state index is 0.0762. The van der Waals surface area contributed by atoms with E-state index in [9.17, 15) is 8.78 Å². The topological polar surface area (TPSA) is 51.1 Å². The molecule has 1 saturated heterocycles. The number of pyridine rings is 1. The van der Waals surface area contributed by atoms with Crippen LogP contribution in [-0.4, -0.2) is 34.1 Å². The maximum Gasteiger partial charge on any atom is 0.311 e. The molecule has 1 atom stereocenters. The summed E-state index contributed by atoms with van der Waals surface area (Å²) in [7, 11) is 0. The van der Waals surface area contributed by atoms with Crippen LogP contribution in [0.1, 0.15) is 19.3 Å². The zero-order valence-corrected chi connectivity index (χ0v) is 11.7. The van der Waals surface area contributed by atoms with Crippen molar-refractivity contribution < 1.29 is 13.5 Å². The van der Waals surface area contributed by atoms with Crippen LogP contribution >= 0.6 is 11.6 Å². The molecule has 5 nitrogen and oxygen atoms in total. The molecular weight excluding hydrogens is 302 g/mol. The van der Waals surface area contributed by atoms with E-state index in [0.717, 1.165) is 25.8 Å². The summed E-state index contributed by atoms with van der Waals surface area (Å²) in [6.07, 6.45) is 1.98. The van der Waals surface area contributed by atoms with Gasteiger partial charge in [-0.25, -0.2) is 4.39 Å². The van der Waals surface area contributed by atoms with Crippen LogP contribution in [0.2, 0.25) is 5.15 Å². The molecule has 0 aliphatic carbocycles. The Morgan fingerprint density at radius 2 is 2.05 bits per heavy atom. The lowest BCUT2D eigenvalue weighted by Crippen LogP contribution is -2.43. The third kappa shape index (κ3) is 1.91. The molecule has 21 heavy (non-hydrogen) atoms. The fourth-order valence-corrected chi connectivity index (χ4v) is 3.18. The Hall–Kier alpha value is -1.76. The van der Waals surface area contributed by atoms with Gasteiger partial charge in [0.25, 0.3) is 0 Å². The molecule has 0 aromatic carbocycles. The third-order valence-corrected chi connectivity index (χ3v) is 4.23. The molecule has 2 aromatic heterocycles. The summed E-state index contributed by atoms with van der Waals surface area (Å²) in [5, 5.41) is -0.0795. The number of hydrogen-bond acceptors (Lipinski definition) is 5. The highest BCUT2D eigenvalue weighted by atomic mass is 35.5. The first-order chi connectivity index (χ1) is 10.1. The van der Waals surface area contributed by atoms with Gasteiger partial charge in [0.15, 0.2) is 11.0 Å². The predicted octanol–water partition coefficient (Wildman–Crippen LogP) is 2.71. The van der Waals surface area contributed by atoms with E-state index in [-0.39, 0.29) is 22.6 Å². The van der Waals surface area contributed by atoms with Crippen molar-refractivity contribution in [1.82, 2.24) is 15.0 Å². The van der Waals surface area contributed by atoms with Crippen molar-refractivity contribution in [2.45, 2.75) is 25.3 Å². The number of anilines is 1. The van der Waals surface area contributed by atoms with Gasteiger partial charge in [-0.1, -0.05) is 11.6 Å². The van der Waals surface area contributed by atoms with Crippen molar-refractivity contribution >= 4 is 28.3 Å². The number of aromatic nitrogens is 3. The van der Waals surface area contributed by atoms with Crippen LogP contribution in [-0.2, 0) is 0 Å². The van der Waals surface area contributed by atoms with Crippen molar-refractivity contribution in [2.75, 3.05) is 18.1 Å². The van der Waals surface area contributed by atoms with Gasteiger partial charge >= 0.3 is 6.08 Å². The van der Waals surface area contributed by atoms with E-state index in [1.54, 1.807) is 0 Å². The Bertz CT molecular complexity index is 742. The molecule has 0 bridgehead atoms. The summed E-state index contributed by atoms with van der Waals surface area (Å²) < 4.78 is 33.5. The number of ether oxygens (including phenoxy) is 1. The fraction of sp³-hybridized carbons (Fsp3) is 0.462. The average Bonchev–Trinajstić information content (AvgIpc) is 2.63. The molecule has 2 aliphatic heterocycles. The molecule has 110 valence electrons. The van der Waals surface area contributed by atoms with Crippen molar-refractivity contribution in [3.63, 3.8) is 0 Å². The molecule has 0 spiro atoms. The van der Waals surface area contributed by atoms with Gasteiger partial charge in [0.05, 0.1) is 6.04 Å². The molecule has 0 radical (unpaired) electrons. The summed E-state index contributed by atoms with van der Waals surface area (Å²) in [4.78, 5) is 13.3. The number of fused-ring (bicyclic) bond motifs is 2. The van der Waals surface area contributed by atoms with Gasteiger partial charge in [-0.3, -0.25) is 0 Å². The Labute approximate surface area is 123 Å². The van der Waals surface area contributed by atoms with Crippen LogP contribution in [0.15, 0.2) is 0 Å². The van der Waals surface area contributed by atoms with Gasteiger partial charge in [-0.15, -0.1) is 0 Å². The summed E-state index contributed by atoms with van der Waals surface area (Å²) in [5.74, 6) is -0.337. The molecule has 2 aromatic rings. The van der Waals surface area contributed by atoms with Gasteiger partial charge in [0, 0.05) is 6.54 Å². The molecule has 1 fully saturated rings. The first kappa shape index (κ1) is 12.9. The smallest absolute Gasteiger partial charge is 0.311 e. The van der Waals surface area contributed by atoms with Crippen molar-refractivity contribution in [2.24, 2.45) is 0 Å². The van der Waals surface area contributed by atoms with Gasteiger partial charge in [-0.2, -0.15) is 19.3 Å². The number of hydrogen-bond donors (Lipinski definition) is 0. The Morgan fingerprint density at radius 1 is 1.19 bits per heavy atom. The number of nitrogens with zero attached hydrogens (tertiary/aromatic N) is 4. The van der Waals surface area contributed by atoms with Crippen LogP contribution in [0.4, 0.5) is 14.6 Å². The number of piperidine rings is 1. The molecule has 8 heteroatoms. The highest BCUT2D eigenvalue weighted by Crippen LogP contribution is 2.39. The summed E-state index contributed by atoms with van der Waals surface area (Å²) in [6, 6.07) is 0.0762. The molecular formula is C13H11ClF2N4O. The summed E-state index contributed by atoms with van der Waals surface area (Å²) in [6.45, 7) is 1.12. The number of rotatable bonds is 0. The predicted molar refractivity (Wildman–Crippen MR) is 72.7 cm³/mol. The van der Waals surface area contributed by atoms with Gasteiger partial charge in [-0.05, 0) is 19.3 Å². The van der Waals surface area contributed by atoms with Crippen LogP contribution in [0.25, 0.3) is 10.9 Å². The highest BCUT2D eigenvalue weighted by molar-refractivity contribution is 6.30. The van der Waals surface area contributed by atoms with Crippen LogP contribution in [0.5, 0.6) is 5.88 Å². The van der Waals surface area contributed by atoms with E-state index < -0.39 is 11.9 Å². The molecule has 2 aliphatic rings. The van der Waals surface area contributed by atoms with Gasteiger partial charge in [0.2, 0.25) is 5.88 Å². The molecule has 4 rings (SSSR count). The minimum Gasteiger partial charge on any atom is -0.475 e. The van der Waals surface area contributed by atoms with E-state index >= 15 is 0 Å². The average molecular weight is 313 g/mol. The van der Waals surface area contributed by atoms with E-state index in [4.69, 9.17) is 16.3 Å². The van der Waals surface area contributed by atoms with E-state index in [1.165, 1.54) is 0 Å². The molecule has 0 N–H and O–H groups in total. The van der Waals surface area contributed by atoms with Crippen LogP contribution in [0, 0.1) is 11.9 Å². The van der Waals surface area contributed by atoms with E-state index in [2.05, 4.69) is 15.0 Å². The molecule has 0 saturated carbocycles. The first-order valence-corrected chi connectivity index (χ1v) is 7.14. The van der Waals surface area contributed by atoms with Crippen LogP contribution in [0.3, 0.4) is 0 Å². The largest absolute Gasteiger partial charge is 0.475 e. The van der Waals surface area contributed by atoms with E-state index in [0.29, 0.717) is 17.8 Å². The molecule has 0 amide bonds. The second-order valence-electron chi connectivity index (χ2n) is 5.22. The normalized spacial score (nSPS) is 20.9. The zero-order valence-electron chi connectivity index (χ0n) is 10.9. The second kappa shape index (κ2) is 4.62. The molecule has 4 heterocycles. The first-order valence-electron chi connectivity index (χ1n) is 6.77. The minimum atomic E-state index is -0.976. The van der Waals surface area contributed by atoms with Crippen molar-refractivity contribution in [1.29, 1.82) is 0 Å². The van der Waals surface area contributed by atoms with Crippen molar-refractivity contribution in [3.05, 3.63) is 17.0 Å². The third-order valence-electron chi connectivity index (χ3n) is 3.98. The lowest BCUT2D eigenvalue weighted by molar-refractivity contribution is 0.259. The second-order valence-corrected chi connectivity index (χ2v) is 5.57. The SMILES string of the molecule is Fc1nc2c3c(nc(Cl)c(F)c3n1)OC[C@@H]1CCCCN21. The monoisotopic (exact) mass is 312 g/mol. The lowest BCUT2D eigenvalue weighted by Gasteiger charge is -2.34. The fourth-order valence-electron chi connectivity index (χ4n) is 3.01. The van der Waals surface area contributed by atoms with E-state index in [1.807, 2.05) is 4.90 Å². The molecule has 0 unspecified atom stereocenters. The van der Waals surface area contributed by atoms with Crippen LogP contribution < -0.4 is 9.64 Å². The lowest BCUT2D eigenvalue weighted by atomic mass is 10.0. The Morgan fingerprint density at radius 3 is 2.90 bits per heavy atom. The Balaban J connectivity index is 2.06. The standard InChI is InChI=1S/C13H11ClF2N4O/c14-10-8(15)9-7-11(19-13(16)17-9)20-4-2-1-3-6(20)5-21-12(7)18-10/h6H,1-5H2/t6-/m0/s1. The summed E-state index contributed by atoms with van der Waals surface area (Å²) >= 11 is 5.74. The maximum atomic E-state index is 14.1. The number of halogens is 3. The maximum absolute atomic E-state index is 14.1. The highest BCUT2D eigenvalue weighted by Gasteiger charge is 2.32. The summed E-state index contributed by atoms with van der Waals surface area (Å²) in [5.41, 5.74) is -0.182. The zero-order chi connectivity index (χ0) is 14.6. The van der Waals surface area contributed by atoms with Gasteiger partial charge in [0.1, 0.15) is 23.3 Å².